The van der Waals surface area contributed by atoms with E-state index in [1.807, 2.05) is 0 Å². The maximum Gasteiger partial charge on any atom is 0.154 e. The molecule has 3 aromatic carbocycles. The van der Waals surface area contributed by atoms with Crippen molar-refractivity contribution in [2.75, 3.05) is 18.5 Å². The zero-order valence-electron chi connectivity index (χ0n) is 18.5. The number of carboxylic acids is 1. The van der Waals surface area contributed by atoms with Crippen molar-refractivity contribution in [2.24, 2.45) is 0 Å². The Labute approximate surface area is 182 Å². The van der Waals surface area contributed by atoms with Gasteiger partial charge in [-0.05, 0) is 27.7 Å². The van der Waals surface area contributed by atoms with Crippen LogP contribution in [0.5, 0.6) is 0 Å². The molecule has 30 heavy (non-hydrogen) atoms. The molecule has 0 N–H and O–H groups in total. The Morgan fingerprint density at radius 3 is 1.10 bits per heavy atom. The quantitative estimate of drug-likeness (QED) is 0.357. The summed E-state index contributed by atoms with van der Waals surface area (Å²) in [6.07, 6.45) is 3.75. The van der Waals surface area contributed by atoms with Gasteiger partial charge in [0.1, 0.15) is 0 Å². The van der Waals surface area contributed by atoms with E-state index in [9.17, 15) is 0 Å². The molecule has 0 radical (unpaired) electrons. The molecule has 3 rings (SSSR count). The van der Waals surface area contributed by atoms with E-state index in [2.05, 4.69) is 112 Å². The molecule has 0 unspecified atom stereocenters. The van der Waals surface area contributed by atoms with E-state index in [0.717, 1.165) is 6.92 Å². The Balaban J connectivity index is 0.000000735. The van der Waals surface area contributed by atoms with Crippen molar-refractivity contribution in [1.29, 1.82) is 0 Å². The van der Waals surface area contributed by atoms with Crippen LogP contribution in [0.2, 0.25) is 0 Å². The highest BCUT2D eigenvalue weighted by Crippen LogP contribution is 2.76. The average molecular weight is 421 g/mol. The molecule has 0 saturated heterocycles. The minimum atomic E-state index is -1.35. The minimum Gasteiger partial charge on any atom is -0.550 e. The van der Waals surface area contributed by atoms with Gasteiger partial charge < -0.3 is 9.90 Å². The highest BCUT2D eigenvalue weighted by molar-refractivity contribution is 7.77. The molecule has 0 saturated carbocycles. The molecule has 0 aliphatic carbocycles. The molecule has 0 atom stereocenters. The van der Waals surface area contributed by atoms with E-state index in [4.69, 9.17) is 9.90 Å². The van der Waals surface area contributed by atoms with Crippen molar-refractivity contribution in [2.45, 2.75) is 32.9 Å². The van der Waals surface area contributed by atoms with Crippen LogP contribution in [0.25, 0.3) is 0 Å². The Bertz CT molecular complexity index is 779. The lowest BCUT2D eigenvalue weighted by Crippen LogP contribution is -2.35. The summed E-state index contributed by atoms with van der Waals surface area (Å²) in [4.78, 5) is 8.89. The Hall–Kier alpha value is -2.44. The monoisotopic (exact) mass is 420 g/mol. The van der Waals surface area contributed by atoms with Crippen molar-refractivity contribution in [3.8, 4) is 0 Å². The van der Waals surface area contributed by atoms with Gasteiger partial charge in [-0.2, -0.15) is 0 Å². The minimum absolute atomic E-state index is 0.0466. The van der Waals surface area contributed by atoms with Gasteiger partial charge in [0.25, 0.3) is 0 Å². The van der Waals surface area contributed by atoms with Crippen molar-refractivity contribution in [3.63, 3.8) is 0 Å². The van der Waals surface area contributed by atoms with Gasteiger partial charge in [0.15, 0.2) is 5.16 Å². The lowest BCUT2D eigenvalue weighted by Gasteiger charge is -2.45. The van der Waals surface area contributed by atoms with Crippen LogP contribution in [0, 0.1) is 0 Å². The van der Waals surface area contributed by atoms with E-state index in [1.165, 1.54) is 35.2 Å². The summed E-state index contributed by atoms with van der Waals surface area (Å²) in [6, 6.07) is 33.7. The number of benzene rings is 3. The van der Waals surface area contributed by atoms with Gasteiger partial charge in [-0.3, -0.25) is 0 Å². The molecule has 0 spiro atoms. The van der Waals surface area contributed by atoms with Crippen LogP contribution < -0.4 is 5.11 Å². The predicted octanol–water partition coefficient (Wildman–Crippen LogP) is 5.81. The van der Waals surface area contributed by atoms with Crippen molar-refractivity contribution in [1.82, 2.24) is 0 Å². The highest BCUT2D eigenvalue weighted by Gasteiger charge is 2.57. The maximum absolute atomic E-state index is 8.89. The van der Waals surface area contributed by atoms with E-state index in [0.29, 0.717) is 0 Å². The van der Waals surface area contributed by atoms with Gasteiger partial charge >= 0.3 is 0 Å². The molecular formula is C27H33O2P. The first-order valence-electron chi connectivity index (χ1n) is 10.7. The number of rotatable bonds is 7. The Kier molecular flexibility index (Phi) is 8.81. The van der Waals surface area contributed by atoms with E-state index in [1.54, 1.807) is 0 Å². The van der Waals surface area contributed by atoms with Gasteiger partial charge in [-0.25, -0.2) is 0 Å². The molecule has 0 fully saturated rings. The van der Waals surface area contributed by atoms with Crippen LogP contribution in [-0.2, 0) is 9.95 Å². The summed E-state index contributed by atoms with van der Waals surface area (Å²) in [7, 11) is -1.35. The number of carbonyl (C=O) groups is 1. The smallest absolute Gasteiger partial charge is 0.154 e. The van der Waals surface area contributed by atoms with Crippen LogP contribution in [0.1, 0.15) is 44.4 Å². The average Bonchev–Trinajstić information content (AvgIpc) is 2.79. The summed E-state index contributed by atoms with van der Waals surface area (Å²) in [5, 5.41) is 8.84. The second kappa shape index (κ2) is 11.1. The van der Waals surface area contributed by atoms with Gasteiger partial charge in [-0.15, -0.1) is 0 Å². The van der Waals surface area contributed by atoms with Gasteiger partial charge in [0.05, 0.1) is 18.5 Å². The first-order chi connectivity index (χ1) is 14.5. The summed E-state index contributed by atoms with van der Waals surface area (Å²) in [5.74, 6) is -1.08. The molecule has 0 aromatic heterocycles. The van der Waals surface area contributed by atoms with E-state index in [-0.39, 0.29) is 5.16 Å². The molecular weight excluding hydrogens is 387 g/mol. The Morgan fingerprint density at radius 1 is 0.667 bits per heavy atom. The predicted molar refractivity (Wildman–Crippen MR) is 128 cm³/mol. The summed E-state index contributed by atoms with van der Waals surface area (Å²) < 4.78 is 0. The molecule has 0 bridgehead atoms. The number of hydrogen-bond donors (Lipinski definition) is 0. The largest absolute Gasteiger partial charge is 0.550 e. The summed E-state index contributed by atoms with van der Waals surface area (Å²) in [6.45, 7) is 8.19. The summed E-state index contributed by atoms with van der Waals surface area (Å²) in [5.41, 5.74) is 4.32. The molecule has 0 amide bonds. The third-order valence-electron chi connectivity index (χ3n) is 6.10. The molecule has 3 heteroatoms. The van der Waals surface area contributed by atoms with Crippen LogP contribution in [0.4, 0.5) is 0 Å². The fraction of sp³-hybridized carbons (Fsp3) is 0.296. The standard InChI is InChI=1S/C25H30P.C2H4O2/c1-4-26(5-2,6-3)25(22-16-10-7-11-17-22,23-18-12-8-13-19-23)24-20-14-9-15-21-24;1-2(3)4/h7-21H,4-6H2,1-3H3;1H3,(H,3,4)/q+1;/p-1. The molecule has 158 valence electrons. The second-order valence-electron chi connectivity index (χ2n) is 7.39. The van der Waals surface area contributed by atoms with Gasteiger partial charge in [0, 0.05) is 29.9 Å². The zero-order valence-corrected chi connectivity index (χ0v) is 19.4. The highest BCUT2D eigenvalue weighted by atomic mass is 31.2. The van der Waals surface area contributed by atoms with Crippen molar-refractivity contribution in [3.05, 3.63) is 108 Å². The molecule has 2 nitrogen and oxygen atoms in total. The fourth-order valence-corrected chi connectivity index (χ4v) is 9.60. The van der Waals surface area contributed by atoms with Gasteiger partial charge in [0.2, 0.25) is 0 Å². The molecule has 0 heterocycles. The number of carboxylic acid groups (broad SMARTS) is 1. The molecule has 0 aliphatic heterocycles. The number of hydrogen-bond acceptors (Lipinski definition) is 2. The normalized spacial score (nSPS) is 11.3. The SMILES string of the molecule is CC(=O)[O-].CC[P+](CC)(CC)C(c1ccccc1)(c1ccccc1)c1ccccc1. The van der Waals surface area contributed by atoms with E-state index < -0.39 is 13.2 Å². The molecule has 0 aliphatic rings. The van der Waals surface area contributed by atoms with Crippen LogP contribution >= 0.6 is 7.26 Å². The van der Waals surface area contributed by atoms with Crippen LogP contribution in [-0.4, -0.2) is 24.5 Å². The third kappa shape index (κ3) is 4.65. The third-order valence-corrected chi connectivity index (χ3v) is 11.9. The lowest BCUT2D eigenvalue weighted by molar-refractivity contribution is -0.302. The first kappa shape index (κ1) is 23.8. The van der Waals surface area contributed by atoms with Gasteiger partial charge in [-0.1, -0.05) is 91.0 Å². The second-order valence-corrected chi connectivity index (χ2v) is 12.3. The number of carbonyl (C=O) groups excluding carboxylic acids is 1. The van der Waals surface area contributed by atoms with Crippen molar-refractivity contribution < 1.29 is 9.90 Å². The summed E-state index contributed by atoms with van der Waals surface area (Å²) >= 11 is 0. The maximum atomic E-state index is 8.89. The fourth-order valence-electron chi connectivity index (χ4n) is 4.74. The Morgan fingerprint density at radius 2 is 0.900 bits per heavy atom. The van der Waals surface area contributed by atoms with Crippen molar-refractivity contribution >= 4 is 13.2 Å². The van der Waals surface area contributed by atoms with Crippen LogP contribution in [0.3, 0.4) is 0 Å². The molecule has 3 aromatic rings. The topological polar surface area (TPSA) is 40.1 Å². The van der Waals surface area contributed by atoms with Crippen LogP contribution in [0.15, 0.2) is 91.0 Å². The first-order valence-corrected chi connectivity index (χ1v) is 13.0. The van der Waals surface area contributed by atoms with E-state index >= 15 is 0 Å². The zero-order chi connectivity index (χ0) is 22.0. The lowest BCUT2D eigenvalue weighted by atomic mass is 9.84. The number of aliphatic carboxylic acids is 1.